The zero-order chi connectivity index (χ0) is 23.2. The van der Waals surface area contributed by atoms with Gasteiger partial charge in [0.15, 0.2) is 12.4 Å². The van der Waals surface area contributed by atoms with Gasteiger partial charge in [-0.05, 0) is 49.4 Å². The highest BCUT2D eigenvalue weighted by atomic mass is 79.9. The van der Waals surface area contributed by atoms with Gasteiger partial charge in [-0.15, -0.1) is 0 Å². The average Bonchev–Trinajstić information content (AvgIpc) is 3.36. The first kappa shape index (κ1) is 23.1. The SMILES string of the molecule is CC(=O)c1ccc(NC(=O)COC(=O)CCN2C(=O)[C@@H]3[C@H]4C[C@@H]([C@H](Br)[C@@H]4Br)[C@@H]3C2=O)cc1. The lowest BCUT2D eigenvalue weighted by atomic mass is 9.81. The highest BCUT2D eigenvalue weighted by Crippen LogP contribution is 2.60. The minimum absolute atomic E-state index is 0.0447. The minimum atomic E-state index is -0.663. The number of hydrogen-bond acceptors (Lipinski definition) is 6. The summed E-state index contributed by atoms with van der Waals surface area (Å²) in [7, 11) is 0. The fourth-order valence-electron chi connectivity index (χ4n) is 5.04. The predicted molar refractivity (Wildman–Crippen MR) is 121 cm³/mol. The van der Waals surface area contributed by atoms with Crippen LogP contribution < -0.4 is 5.32 Å². The number of fused-ring (bicyclic) bond motifs is 5. The van der Waals surface area contributed by atoms with E-state index in [2.05, 4.69) is 37.2 Å². The molecule has 1 heterocycles. The van der Waals surface area contributed by atoms with Gasteiger partial charge in [-0.1, -0.05) is 31.9 Å². The predicted octanol–water partition coefficient (Wildman–Crippen LogP) is 2.54. The fraction of sp³-hybridized carbons (Fsp3) is 0.500. The second kappa shape index (κ2) is 9.05. The van der Waals surface area contributed by atoms with E-state index < -0.39 is 18.5 Å². The van der Waals surface area contributed by atoms with Crippen molar-refractivity contribution in [2.24, 2.45) is 23.7 Å². The summed E-state index contributed by atoms with van der Waals surface area (Å²) in [6, 6.07) is 6.34. The third kappa shape index (κ3) is 4.14. The Morgan fingerprint density at radius 2 is 1.59 bits per heavy atom. The van der Waals surface area contributed by atoms with Crippen molar-refractivity contribution in [1.29, 1.82) is 0 Å². The first-order chi connectivity index (χ1) is 15.2. The van der Waals surface area contributed by atoms with Gasteiger partial charge in [0.25, 0.3) is 5.91 Å². The number of rotatable bonds is 7. The Labute approximate surface area is 201 Å². The summed E-state index contributed by atoms with van der Waals surface area (Å²) in [5, 5.41) is 2.57. The molecular formula is C22H22Br2N2O6. The van der Waals surface area contributed by atoms with Gasteiger partial charge in [-0.2, -0.15) is 0 Å². The van der Waals surface area contributed by atoms with Crippen LogP contribution in [0.5, 0.6) is 0 Å². The smallest absolute Gasteiger partial charge is 0.308 e. The minimum Gasteiger partial charge on any atom is -0.456 e. The maximum Gasteiger partial charge on any atom is 0.308 e. The maximum absolute atomic E-state index is 12.8. The van der Waals surface area contributed by atoms with E-state index in [1.165, 1.54) is 11.8 Å². The average molecular weight is 570 g/mol. The Hall–Kier alpha value is -2.07. The van der Waals surface area contributed by atoms with Crippen LogP contribution in [0.1, 0.15) is 30.1 Å². The lowest BCUT2D eigenvalue weighted by Gasteiger charge is -2.28. The standard InChI is InChI=1S/C22H22Br2N2O6/c1-10(27)11-2-4-12(5-3-11)25-15(28)9-32-16(29)6-7-26-21(30)17-13-8-14(18(17)22(26)31)20(24)19(13)23/h2-5,13-14,17-20H,6-9H2,1H3,(H,25,28)/t13-,14-,17-,18+,19-,20+/m1/s1. The van der Waals surface area contributed by atoms with Gasteiger partial charge in [0.05, 0.1) is 18.3 Å². The maximum atomic E-state index is 12.8. The van der Waals surface area contributed by atoms with Crippen LogP contribution in [0.4, 0.5) is 5.69 Å². The zero-order valence-corrected chi connectivity index (χ0v) is 20.4. The number of imide groups is 1. The van der Waals surface area contributed by atoms with Crippen LogP contribution in [0, 0.1) is 23.7 Å². The van der Waals surface area contributed by atoms with Crippen LogP contribution in [-0.4, -0.2) is 57.2 Å². The van der Waals surface area contributed by atoms with Crippen LogP contribution in [0.3, 0.4) is 0 Å². The van der Waals surface area contributed by atoms with E-state index in [0.29, 0.717) is 11.3 Å². The summed E-state index contributed by atoms with van der Waals surface area (Å²) in [5.41, 5.74) is 0.997. The van der Waals surface area contributed by atoms with E-state index in [1.807, 2.05) is 0 Å². The Balaban J connectivity index is 1.24. The molecule has 6 atom stereocenters. The largest absolute Gasteiger partial charge is 0.456 e. The van der Waals surface area contributed by atoms with E-state index in [4.69, 9.17) is 4.74 Å². The molecule has 0 spiro atoms. The monoisotopic (exact) mass is 568 g/mol. The topological polar surface area (TPSA) is 110 Å². The quantitative estimate of drug-likeness (QED) is 0.234. The number of ketones is 1. The molecule has 4 rings (SSSR count). The van der Waals surface area contributed by atoms with Crippen molar-refractivity contribution in [3.63, 3.8) is 0 Å². The molecule has 0 radical (unpaired) electrons. The summed E-state index contributed by atoms with van der Waals surface area (Å²) >= 11 is 7.28. The third-order valence-electron chi connectivity index (χ3n) is 6.56. The number of amides is 3. The molecule has 1 N–H and O–H groups in total. The molecule has 1 aromatic carbocycles. The van der Waals surface area contributed by atoms with Gasteiger partial charge in [-0.3, -0.25) is 28.9 Å². The van der Waals surface area contributed by atoms with Crippen molar-refractivity contribution in [1.82, 2.24) is 4.90 Å². The van der Waals surface area contributed by atoms with Crippen LogP contribution in [0.25, 0.3) is 0 Å². The lowest BCUT2D eigenvalue weighted by Crippen LogP contribution is -2.37. The molecule has 3 aliphatic rings. The number of alkyl halides is 2. The number of halogens is 2. The van der Waals surface area contributed by atoms with E-state index in [9.17, 15) is 24.0 Å². The highest BCUT2D eigenvalue weighted by Gasteiger charge is 2.66. The molecule has 0 unspecified atom stereocenters. The van der Waals surface area contributed by atoms with Crippen molar-refractivity contribution >= 4 is 67.0 Å². The first-order valence-electron chi connectivity index (χ1n) is 10.4. The normalized spacial score (nSPS) is 30.4. The van der Waals surface area contributed by atoms with E-state index in [1.54, 1.807) is 24.3 Å². The summed E-state index contributed by atoms with van der Waals surface area (Å²) in [5.74, 6) is -2.09. The summed E-state index contributed by atoms with van der Waals surface area (Å²) in [6.07, 6.45) is 0.684. The van der Waals surface area contributed by atoms with Crippen LogP contribution in [0.15, 0.2) is 24.3 Å². The second-order valence-corrected chi connectivity index (χ2v) is 10.5. The Morgan fingerprint density at radius 3 is 2.12 bits per heavy atom. The number of esters is 1. The molecule has 1 saturated heterocycles. The van der Waals surface area contributed by atoms with E-state index in [-0.39, 0.29) is 63.9 Å². The molecule has 8 nitrogen and oxygen atoms in total. The van der Waals surface area contributed by atoms with Crippen molar-refractivity contribution in [3.8, 4) is 0 Å². The number of carbonyl (C=O) groups excluding carboxylic acids is 5. The van der Waals surface area contributed by atoms with E-state index >= 15 is 0 Å². The molecule has 1 aliphatic heterocycles. The number of nitrogens with zero attached hydrogens (tertiary/aromatic N) is 1. The van der Waals surface area contributed by atoms with Crippen LogP contribution >= 0.6 is 31.9 Å². The molecule has 0 aromatic heterocycles. The highest BCUT2D eigenvalue weighted by molar-refractivity contribution is 9.12. The van der Waals surface area contributed by atoms with E-state index in [0.717, 1.165) is 6.42 Å². The van der Waals surface area contributed by atoms with Crippen molar-refractivity contribution in [2.45, 2.75) is 29.4 Å². The number of benzene rings is 1. The lowest BCUT2D eigenvalue weighted by molar-refractivity contribution is -0.149. The van der Waals surface area contributed by atoms with Gasteiger partial charge in [0.1, 0.15) is 0 Å². The number of hydrogen-bond donors (Lipinski definition) is 1. The molecule has 10 heteroatoms. The molecule has 1 aromatic rings. The Morgan fingerprint density at radius 1 is 1.03 bits per heavy atom. The molecule has 2 bridgehead atoms. The molecule has 2 aliphatic carbocycles. The zero-order valence-electron chi connectivity index (χ0n) is 17.3. The molecule has 3 amide bonds. The third-order valence-corrected chi connectivity index (χ3v) is 9.76. The van der Waals surface area contributed by atoms with Gasteiger partial charge in [0.2, 0.25) is 11.8 Å². The summed E-state index contributed by atoms with van der Waals surface area (Å²) in [4.78, 5) is 62.5. The Kier molecular flexibility index (Phi) is 6.53. The van der Waals surface area contributed by atoms with Crippen LogP contribution in [0.2, 0.25) is 0 Å². The summed E-state index contributed by atoms with van der Waals surface area (Å²) in [6.45, 7) is 0.919. The van der Waals surface area contributed by atoms with Gasteiger partial charge >= 0.3 is 5.97 Å². The summed E-state index contributed by atoms with van der Waals surface area (Å²) < 4.78 is 4.98. The van der Waals surface area contributed by atoms with Gasteiger partial charge in [-0.25, -0.2) is 0 Å². The number of anilines is 1. The van der Waals surface area contributed by atoms with Crippen molar-refractivity contribution in [2.75, 3.05) is 18.5 Å². The first-order valence-corrected chi connectivity index (χ1v) is 12.2. The molecule has 2 saturated carbocycles. The number of Topliss-reactive ketones (excluding diaryl/α,β-unsaturated/α-hetero) is 1. The Bertz CT molecular complexity index is 949. The number of likely N-dealkylation sites (tertiary alicyclic amines) is 1. The van der Waals surface area contributed by atoms with Gasteiger partial charge in [0, 0.05) is 27.4 Å². The molecular weight excluding hydrogens is 548 g/mol. The van der Waals surface area contributed by atoms with Crippen LogP contribution in [-0.2, 0) is 23.9 Å². The second-order valence-electron chi connectivity index (χ2n) is 8.42. The fourth-order valence-corrected chi connectivity index (χ4v) is 6.91. The molecule has 32 heavy (non-hydrogen) atoms. The van der Waals surface area contributed by atoms with Crippen molar-refractivity contribution < 1.29 is 28.7 Å². The van der Waals surface area contributed by atoms with Crippen molar-refractivity contribution in [3.05, 3.63) is 29.8 Å². The number of ether oxygens (including phenoxy) is 1. The molecule has 3 fully saturated rings. The number of carbonyl (C=O) groups is 5. The number of nitrogens with one attached hydrogen (secondary N) is 1. The van der Waals surface area contributed by atoms with Gasteiger partial charge < -0.3 is 10.1 Å². The molecule has 170 valence electrons.